The van der Waals surface area contributed by atoms with Gasteiger partial charge in [0.1, 0.15) is 0 Å². The van der Waals surface area contributed by atoms with Gasteiger partial charge in [0.15, 0.2) is 0 Å². The van der Waals surface area contributed by atoms with Crippen LogP contribution < -0.4 is 5.32 Å². The van der Waals surface area contributed by atoms with Gasteiger partial charge in [-0.05, 0) is 36.1 Å². The Kier molecular flexibility index (Phi) is 4.36. The first kappa shape index (κ1) is 15.3. The van der Waals surface area contributed by atoms with Crippen molar-refractivity contribution in [3.8, 4) is 0 Å². The third-order valence-electron chi connectivity index (χ3n) is 3.84. The fourth-order valence-corrected chi connectivity index (χ4v) is 4.07. The minimum atomic E-state index is -3.35. The molecule has 2 unspecified atom stereocenters. The van der Waals surface area contributed by atoms with Gasteiger partial charge in [0.05, 0.1) is 11.5 Å². The average molecular weight is 298 g/mol. The number of nitrogens with one attached hydrogen (secondary N) is 1. The molecule has 1 aromatic carbocycles. The molecule has 0 radical (unpaired) electrons. The quantitative estimate of drug-likeness (QED) is 0.886. The Labute approximate surface area is 120 Å². The summed E-state index contributed by atoms with van der Waals surface area (Å²) in [5.41, 5.74) is 1.71. The van der Waals surface area contributed by atoms with Gasteiger partial charge in [0, 0.05) is 25.3 Å². The molecule has 2 N–H and O–H groups in total. The number of fused-ring (bicyclic) bond motifs is 1. The third kappa shape index (κ3) is 2.68. The second-order valence-electron chi connectivity index (χ2n) is 5.37. The van der Waals surface area contributed by atoms with Gasteiger partial charge in [-0.2, -0.15) is 0 Å². The third-order valence-corrected chi connectivity index (χ3v) is 5.74. The minimum absolute atomic E-state index is 0.00812. The van der Waals surface area contributed by atoms with E-state index in [9.17, 15) is 13.5 Å². The lowest BCUT2D eigenvalue weighted by molar-refractivity contribution is 0.272. The molecule has 0 amide bonds. The highest BCUT2D eigenvalue weighted by molar-refractivity contribution is 7.89. The van der Waals surface area contributed by atoms with Gasteiger partial charge in [-0.15, -0.1) is 0 Å². The number of likely N-dealkylation sites (N-methyl/N-ethyl adjacent to an activating group) is 1. The van der Waals surface area contributed by atoms with Crippen molar-refractivity contribution in [1.29, 1.82) is 0 Å². The second-order valence-corrected chi connectivity index (χ2v) is 7.38. The Morgan fingerprint density at radius 1 is 1.50 bits per heavy atom. The molecule has 1 heterocycles. The maximum atomic E-state index is 12.3. The van der Waals surface area contributed by atoms with E-state index in [1.165, 1.54) is 4.31 Å². The van der Waals surface area contributed by atoms with Gasteiger partial charge < -0.3 is 10.4 Å². The fourth-order valence-electron chi connectivity index (χ4n) is 2.52. The number of aliphatic hydroxyl groups excluding tert-OH is 1. The summed E-state index contributed by atoms with van der Waals surface area (Å²) in [5.74, 6) is 0.162. The van der Waals surface area contributed by atoms with Crippen LogP contribution in [0.3, 0.4) is 0 Å². The summed E-state index contributed by atoms with van der Waals surface area (Å²) in [7, 11) is -1.74. The van der Waals surface area contributed by atoms with Crippen LogP contribution in [0.2, 0.25) is 0 Å². The summed E-state index contributed by atoms with van der Waals surface area (Å²) in [6, 6.07) is 5.30. The Bertz CT molecular complexity index is 582. The molecule has 5 nitrogen and oxygen atoms in total. The number of aliphatic hydroxyl groups is 1. The number of hydrogen-bond donors (Lipinski definition) is 2. The number of rotatable bonds is 4. The zero-order chi connectivity index (χ0) is 14.9. The van der Waals surface area contributed by atoms with E-state index in [2.05, 4.69) is 5.32 Å². The number of sulfonamides is 1. The Morgan fingerprint density at radius 2 is 2.20 bits per heavy atom. The van der Waals surface area contributed by atoms with Crippen molar-refractivity contribution in [1.82, 2.24) is 4.31 Å². The second kappa shape index (κ2) is 5.71. The molecular weight excluding hydrogens is 276 g/mol. The van der Waals surface area contributed by atoms with E-state index in [0.717, 1.165) is 17.7 Å². The largest absolute Gasteiger partial charge is 0.394 e. The SMILES string of the molecule is CCC(CO)Nc1ccc2c(c1)C(C)CN(C)S2(=O)=O. The molecule has 1 aliphatic rings. The van der Waals surface area contributed by atoms with Crippen molar-refractivity contribution in [3.05, 3.63) is 23.8 Å². The van der Waals surface area contributed by atoms with Crippen molar-refractivity contribution in [2.45, 2.75) is 37.1 Å². The topological polar surface area (TPSA) is 69.6 Å². The van der Waals surface area contributed by atoms with Crippen molar-refractivity contribution < 1.29 is 13.5 Å². The lowest BCUT2D eigenvalue weighted by Crippen LogP contribution is -2.36. The average Bonchev–Trinajstić information content (AvgIpc) is 2.42. The predicted octanol–water partition coefficient (Wildman–Crippen LogP) is 1.61. The Balaban J connectivity index is 2.39. The molecule has 0 bridgehead atoms. The summed E-state index contributed by atoms with van der Waals surface area (Å²) in [5, 5.41) is 12.5. The Morgan fingerprint density at radius 3 is 2.80 bits per heavy atom. The van der Waals surface area contributed by atoms with Crippen LogP contribution >= 0.6 is 0 Å². The van der Waals surface area contributed by atoms with Crippen LogP contribution in [0, 0.1) is 0 Å². The van der Waals surface area contributed by atoms with Crippen LogP contribution in [0.15, 0.2) is 23.1 Å². The molecule has 0 aliphatic carbocycles. The number of benzene rings is 1. The fraction of sp³-hybridized carbons (Fsp3) is 0.571. The molecule has 6 heteroatoms. The molecule has 1 aliphatic heterocycles. The monoisotopic (exact) mass is 298 g/mol. The first-order valence-electron chi connectivity index (χ1n) is 6.87. The maximum absolute atomic E-state index is 12.3. The van der Waals surface area contributed by atoms with Crippen molar-refractivity contribution in [3.63, 3.8) is 0 Å². The van der Waals surface area contributed by atoms with Crippen LogP contribution in [0.4, 0.5) is 5.69 Å². The van der Waals surface area contributed by atoms with E-state index < -0.39 is 10.0 Å². The highest BCUT2D eigenvalue weighted by Gasteiger charge is 2.32. The van der Waals surface area contributed by atoms with Crippen LogP contribution in [-0.2, 0) is 10.0 Å². The molecule has 0 aromatic heterocycles. The lowest BCUT2D eigenvalue weighted by atomic mass is 10.00. The normalized spacial score (nSPS) is 23.1. The van der Waals surface area contributed by atoms with E-state index >= 15 is 0 Å². The zero-order valence-electron chi connectivity index (χ0n) is 12.1. The lowest BCUT2D eigenvalue weighted by Gasteiger charge is -2.30. The van der Waals surface area contributed by atoms with E-state index in [-0.39, 0.29) is 18.6 Å². The van der Waals surface area contributed by atoms with Gasteiger partial charge in [-0.3, -0.25) is 0 Å². The Hall–Kier alpha value is -1.11. The first-order chi connectivity index (χ1) is 9.40. The van der Waals surface area contributed by atoms with Crippen LogP contribution in [-0.4, -0.2) is 44.1 Å². The molecular formula is C14H22N2O3S. The standard InChI is InChI=1S/C14H22N2O3S/c1-4-11(9-17)15-12-5-6-14-13(7-12)10(2)8-16(3)20(14,18)19/h5-7,10-11,15,17H,4,8-9H2,1-3H3. The van der Waals surface area contributed by atoms with E-state index in [4.69, 9.17) is 0 Å². The molecule has 112 valence electrons. The van der Waals surface area contributed by atoms with E-state index in [0.29, 0.717) is 11.4 Å². The number of nitrogens with zero attached hydrogens (tertiary/aromatic N) is 1. The summed E-state index contributed by atoms with van der Waals surface area (Å²) in [6.45, 7) is 4.58. The summed E-state index contributed by atoms with van der Waals surface area (Å²) in [6.07, 6.45) is 0.810. The molecule has 0 spiro atoms. The summed E-state index contributed by atoms with van der Waals surface area (Å²) in [4.78, 5) is 0.390. The van der Waals surface area contributed by atoms with Crippen LogP contribution in [0.25, 0.3) is 0 Å². The van der Waals surface area contributed by atoms with Crippen molar-refractivity contribution >= 4 is 15.7 Å². The minimum Gasteiger partial charge on any atom is -0.394 e. The summed E-state index contributed by atoms with van der Waals surface area (Å²) >= 11 is 0. The maximum Gasteiger partial charge on any atom is 0.243 e. The predicted molar refractivity (Wildman–Crippen MR) is 79.5 cm³/mol. The van der Waals surface area contributed by atoms with Crippen molar-refractivity contribution in [2.75, 3.05) is 25.5 Å². The van der Waals surface area contributed by atoms with Crippen molar-refractivity contribution in [2.24, 2.45) is 0 Å². The highest BCUT2D eigenvalue weighted by Crippen LogP contribution is 2.34. The zero-order valence-corrected chi connectivity index (χ0v) is 12.9. The summed E-state index contributed by atoms with van der Waals surface area (Å²) < 4.78 is 25.9. The van der Waals surface area contributed by atoms with Gasteiger partial charge in [-0.25, -0.2) is 12.7 Å². The van der Waals surface area contributed by atoms with E-state index in [1.807, 2.05) is 19.9 Å². The highest BCUT2D eigenvalue weighted by atomic mass is 32.2. The van der Waals surface area contributed by atoms with Crippen LogP contribution in [0.1, 0.15) is 31.7 Å². The van der Waals surface area contributed by atoms with Gasteiger partial charge in [0.2, 0.25) is 10.0 Å². The molecule has 20 heavy (non-hydrogen) atoms. The smallest absolute Gasteiger partial charge is 0.243 e. The van der Waals surface area contributed by atoms with Gasteiger partial charge >= 0.3 is 0 Å². The van der Waals surface area contributed by atoms with Gasteiger partial charge in [0.25, 0.3) is 0 Å². The molecule has 0 saturated carbocycles. The molecule has 1 aromatic rings. The molecule has 2 rings (SSSR count). The molecule has 0 fully saturated rings. The number of anilines is 1. The van der Waals surface area contributed by atoms with Crippen LogP contribution in [0.5, 0.6) is 0 Å². The number of hydrogen-bond acceptors (Lipinski definition) is 4. The molecule has 2 atom stereocenters. The van der Waals surface area contributed by atoms with E-state index in [1.54, 1.807) is 19.2 Å². The molecule has 0 saturated heterocycles. The first-order valence-corrected chi connectivity index (χ1v) is 8.31. The van der Waals surface area contributed by atoms with Gasteiger partial charge in [-0.1, -0.05) is 13.8 Å².